The van der Waals surface area contributed by atoms with Crippen LogP contribution in [-0.2, 0) is 19.6 Å². The Morgan fingerprint density at radius 3 is 2.30 bits per heavy atom. The second kappa shape index (κ2) is 9.76. The fourth-order valence-electron chi connectivity index (χ4n) is 4.97. The van der Waals surface area contributed by atoms with E-state index in [0.29, 0.717) is 24.3 Å². The molecule has 33 heavy (non-hydrogen) atoms. The molecular weight excluding hydrogens is 451 g/mol. The molecule has 1 aliphatic heterocycles. The molecule has 2 N–H and O–H groups in total. The van der Waals surface area contributed by atoms with Crippen molar-refractivity contribution >= 4 is 15.9 Å². The number of sulfonamides is 1. The van der Waals surface area contributed by atoms with E-state index in [2.05, 4.69) is 0 Å². The van der Waals surface area contributed by atoms with Crippen LogP contribution in [-0.4, -0.2) is 49.6 Å². The first-order valence-electron chi connectivity index (χ1n) is 10.9. The molecule has 1 saturated carbocycles. The number of ether oxygens (including phenoxy) is 2. The lowest BCUT2D eigenvalue weighted by atomic mass is 9.70. The summed E-state index contributed by atoms with van der Waals surface area (Å²) in [7, 11) is -2.35. The summed E-state index contributed by atoms with van der Waals surface area (Å²) in [4.78, 5) is 12.6. The van der Waals surface area contributed by atoms with Gasteiger partial charge in [-0.05, 0) is 86.1 Å². The average molecular weight is 479 g/mol. The molecule has 8 nitrogen and oxygen atoms in total. The van der Waals surface area contributed by atoms with Crippen LogP contribution in [0.2, 0.25) is 0 Å². The van der Waals surface area contributed by atoms with Gasteiger partial charge < -0.3 is 9.47 Å². The zero-order chi connectivity index (χ0) is 23.6. The Morgan fingerprint density at radius 2 is 1.70 bits per heavy atom. The number of benzene rings is 2. The molecule has 0 spiro atoms. The van der Waals surface area contributed by atoms with E-state index in [1.54, 1.807) is 12.6 Å². The van der Waals surface area contributed by atoms with Gasteiger partial charge in [0.1, 0.15) is 23.4 Å². The lowest BCUT2D eigenvalue weighted by Gasteiger charge is -2.47. The Balaban J connectivity index is 1.56. The lowest BCUT2D eigenvalue weighted by molar-refractivity contribution is -0.139. The van der Waals surface area contributed by atoms with Gasteiger partial charge in [-0.25, -0.2) is 18.3 Å². The third-order valence-corrected chi connectivity index (χ3v) is 8.52. The predicted octanol–water partition coefficient (Wildman–Crippen LogP) is 3.32. The first-order chi connectivity index (χ1) is 15.8. The van der Waals surface area contributed by atoms with Crippen molar-refractivity contribution in [2.75, 3.05) is 13.7 Å². The van der Waals surface area contributed by atoms with Crippen LogP contribution in [0.25, 0.3) is 0 Å². The Morgan fingerprint density at radius 1 is 1.06 bits per heavy atom. The maximum Gasteiger partial charge on any atom is 0.262 e. The molecule has 178 valence electrons. The number of carbonyl (C=O) groups is 1. The number of methoxy groups -OCH3 is 1. The summed E-state index contributed by atoms with van der Waals surface area (Å²) < 4.78 is 52.3. The van der Waals surface area contributed by atoms with E-state index in [9.17, 15) is 22.8 Å². The summed E-state index contributed by atoms with van der Waals surface area (Å²) in [5.74, 6) is -0.357. The highest BCUT2D eigenvalue weighted by Crippen LogP contribution is 2.42. The zero-order valence-corrected chi connectivity index (χ0v) is 19.0. The minimum atomic E-state index is -4.01. The second-order valence-electron chi connectivity index (χ2n) is 8.45. The third-order valence-electron chi connectivity index (χ3n) is 6.62. The number of piperidine rings is 1. The summed E-state index contributed by atoms with van der Waals surface area (Å²) in [6.07, 6.45) is 2.85. The average Bonchev–Trinajstić information content (AvgIpc) is 2.84. The van der Waals surface area contributed by atoms with Gasteiger partial charge in [0.2, 0.25) is 10.0 Å². The fourth-order valence-corrected chi connectivity index (χ4v) is 6.61. The first-order valence-corrected chi connectivity index (χ1v) is 12.3. The minimum absolute atomic E-state index is 0.0220. The van der Waals surface area contributed by atoms with Crippen LogP contribution in [0.1, 0.15) is 25.7 Å². The number of hydrogen-bond acceptors (Lipinski definition) is 6. The van der Waals surface area contributed by atoms with E-state index in [0.717, 1.165) is 12.8 Å². The van der Waals surface area contributed by atoms with Crippen molar-refractivity contribution in [1.82, 2.24) is 9.79 Å². The number of nitrogens with one attached hydrogen (secondary N) is 1. The number of fused-ring (bicyclic) bond motifs is 1. The van der Waals surface area contributed by atoms with Crippen LogP contribution in [0.15, 0.2) is 53.4 Å². The van der Waals surface area contributed by atoms with Crippen LogP contribution < -0.4 is 10.2 Å². The molecule has 1 amide bonds. The standard InChI is InChI=1S/C23H27FN2O6S/c1-31-19-8-11-21-15(14-19)12-13-26(22(21)23(27)25-28)33(29,30)20-9-6-18(7-10-20)32-17-4-2-16(24)3-5-17/h2-7,9-10,15,19,21-22,28H,8,11-14H2,1H3,(H,25,27). The van der Waals surface area contributed by atoms with Crippen LogP contribution in [0.3, 0.4) is 0 Å². The molecule has 1 saturated heterocycles. The maximum absolute atomic E-state index is 13.5. The topological polar surface area (TPSA) is 105 Å². The van der Waals surface area contributed by atoms with Gasteiger partial charge in [0.15, 0.2) is 0 Å². The second-order valence-corrected chi connectivity index (χ2v) is 10.3. The van der Waals surface area contributed by atoms with E-state index in [4.69, 9.17) is 9.47 Å². The Kier molecular flexibility index (Phi) is 6.99. The van der Waals surface area contributed by atoms with Gasteiger partial charge >= 0.3 is 0 Å². The van der Waals surface area contributed by atoms with Crippen LogP contribution >= 0.6 is 0 Å². The van der Waals surface area contributed by atoms with Crippen molar-refractivity contribution < 1.29 is 32.3 Å². The van der Waals surface area contributed by atoms with Crippen molar-refractivity contribution in [2.24, 2.45) is 11.8 Å². The molecule has 2 aromatic rings. The van der Waals surface area contributed by atoms with Crippen LogP contribution in [0.5, 0.6) is 11.5 Å². The molecule has 1 heterocycles. The van der Waals surface area contributed by atoms with Crippen molar-refractivity contribution in [3.05, 3.63) is 54.3 Å². The van der Waals surface area contributed by atoms with Gasteiger partial charge in [-0.2, -0.15) is 4.31 Å². The molecule has 0 radical (unpaired) electrons. The Labute approximate surface area is 192 Å². The predicted molar refractivity (Wildman–Crippen MR) is 117 cm³/mol. The third kappa shape index (κ3) is 4.89. The van der Waals surface area contributed by atoms with Gasteiger partial charge in [-0.15, -0.1) is 0 Å². The molecule has 0 aromatic heterocycles. The van der Waals surface area contributed by atoms with Gasteiger partial charge in [0.05, 0.1) is 11.0 Å². The number of halogens is 1. The zero-order valence-electron chi connectivity index (χ0n) is 18.2. The van der Waals surface area contributed by atoms with Gasteiger partial charge in [-0.1, -0.05) is 0 Å². The van der Waals surface area contributed by atoms with E-state index in [-0.39, 0.29) is 35.2 Å². The Bertz CT molecular complexity index is 1080. The van der Waals surface area contributed by atoms with E-state index in [1.807, 2.05) is 0 Å². The quantitative estimate of drug-likeness (QED) is 0.488. The normalized spacial score (nSPS) is 25.8. The lowest BCUT2D eigenvalue weighted by Crippen LogP contribution is -2.59. The summed E-state index contributed by atoms with van der Waals surface area (Å²) in [5.41, 5.74) is 1.66. The number of hydrogen-bond donors (Lipinski definition) is 2. The van der Waals surface area contributed by atoms with Crippen molar-refractivity contribution in [3.63, 3.8) is 0 Å². The maximum atomic E-state index is 13.5. The number of nitrogens with zero attached hydrogens (tertiary/aromatic N) is 1. The Hall–Kier alpha value is -2.53. The molecule has 10 heteroatoms. The van der Waals surface area contributed by atoms with E-state index >= 15 is 0 Å². The van der Waals surface area contributed by atoms with Gasteiger partial charge in [0, 0.05) is 13.7 Å². The molecule has 4 unspecified atom stereocenters. The SMILES string of the molecule is COC1CCC2C(CCN(S(=O)(=O)c3ccc(Oc4ccc(F)cc4)cc3)C2C(=O)NO)C1. The smallest absolute Gasteiger partial charge is 0.262 e. The van der Waals surface area contributed by atoms with Crippen LogP contribution in [0.4, 0.5) is 4.39 Å². The summed E-state index contributed by atoms with van der Waals surface area (Å²) in [6.45, 7) is 0.172. The monoisotopic (exact) mass is 478 g/mol. The highest BCUT2D eigenvalue weighted by molar-refractivity contribution is 7.89. The highest BCUT2D eigenvalue weighted by atomic mass is 32.2. The number of hydroxylamine groups is 1. The highest BCUT2D eigenvalue weighted by Gasteiger charge is 2.49. The van der Waals surface area contributed by atoms with Crippen LogP contribution in [0, 0.1) is 17.7 Å². The summed E-state index contributed by atoms with van der Waals surface area (Å²) in [6, 6.07) is 10.3. The molecule has 2 fully saturated rings. The molecule has 1 aliphatic carbocycles. The molecule has 4 atom stereocenters. The van der Waals surface area contributed by atoms with Gasteiger partial charge in [-0.3, -0.25) is 10.0 Å². The first kappa shape index (κ1) is 23.6. The van der Waals surface area contributed by atoms with Crippen molar-refractivity contribution in [2.45, 2.75) is 42.7 Å². The fraction of sp³-hybridized carbons (Fsp3) is 0.435. The number of amides is 1. The number of rotatable bonds is 6. The van der Waals surface area contributed by atoms with Crippen molar-refractivity contribution in [1.29, 1.82) is 0 Å². The van der Waals surface area contributed by atoms with E-state index in [1.165, 1.54) is 52.8 Å². The molecule has 4 rings (SSSR count). The largest absolute Gasteiger partial charge is 0.457 e. The molecule has 2 aromatic carbocycles. The molecule has 0 bridgehead atoms. The van der Waals surface area contributed by atoms with E-state index < -0.39 is 22.0 Å². The molecule has 2 aliphatic rings. The number of carbonyl (C=O) groups excluding carboxylic acids is 1. The van der Waals surface area contributed by atoms with Gasteiger partial charge in [0.25, 0.3) is 5.91 Å². The summed E-state index contributed by atoms with van der Waals surface area (Å²) in [5, 5.41) is 9.34. The van der Waals surface area contributed by atoms with Crippen molar-refractivity contribution in [3.8, 4) is 11.5 Å². The summed E-state index contributed by atoms with van der Waals surface area (Å²) >= 11 is 0. The minimum Gasteiger partial charge on any atom is -0.457 e. The molecular formula is C23H27FN2O6S.